The maximum atomic E-state index is 10.9. The van der Waals surface area contributed by atoms with Crippen LogP contribution in [0.4, 0.5) is 0 Å². The highest BCUT2D eigenvalue weighted by Crippen LogP contribution is 2.33. The first kappa shape index (κ1) is 10.2. The van der Waals surface area contributed by atoms with Gasteiger partial charge in [0.05, 0.1) is 12.6 Å². The average molecular weight is 268 g/mol. The van der Waals surface area contributed by atoms with Crippen LogP contribution in [0.5, 0.6) is 5.75 Å². The Balaban J connectivity index is 2.91. The van der Waals surface area contributed by atoms with E-state index in [0.29, 0.717) is 11.4 Å². The highest BCUT2D eigenvalue weighted by Gasteiger charge is 2.14. The van der Waals surface area contributed by atoms with Crippen molar-refractivity contribution < 1.29 is 9.53 Å². The molecule has 2 aromatic rings. The highest BCUT2D eigenvalue weighted by atomic mass is 79.9. The number of hydrogen-bond acceptors (Lipinski definition) is 2. The number of fused-ring (bicyclic) bond motifs is 1. The van der Waals surface area contributed by atoms with Crippen LogP contribution in [0.25, 0.3) is 10.9 Å². The fourth-order valence-corrected chi connectivity index (χ4v) is 2.11. The summed E-state index contributed by atoms with van der Waals surface area (Å²) in [5.41, 5.74) is 1.54. The standard InChI is InChI=1S/C11H10BrNO2/c1-13-9-4-3-7(12)5-8(9)11(15-2)10(13)6-14/h3-6H,1-2H3. The third-order valence-electron chi connectivity index (χ3n) is 2.47. The summed E-state index contributed by atoms with van der Waals surface area (Å²) >= 11 is 3.40. The van der Waals surface area contributed by atoms with Crippen molar-refractivity contribution in [2.75, 3.05) is 7.11 Å². The van der Waals surface area contributed by atoms with E-state index in [-0.39, 0.29) is 0 Å². The van der Waals surface area contributed by atoms with Gasteiger partial charge in [-0.15, -0.1) is 0 Å². The largest absolute Gasteiger partial charge is 0.494 e. The molecule has 1 aromatic heterocycles. The van der Waals surface area contributed by atoms with Gasteiger partial charge in [0.1, 0.15) is 5.69 Å². The van der Waals surface area contributed by atoms with Crippen molar-refractivity contribution in [1.82, 2.24) is 4.57 Å². The molecule has 2 rings (SSSR count). The fourth-order valence-electron chi connectivity index (χ4n) is 1.75. The van der Waals surface area contributed by atoms with Gasteiger partial charge in [0, 0.05) is 16.9 Å². The second kappa shape index (κ2) is 3.70. The lowest BCUT2D eigenvalue weighted by Crippen LogP contribution is -1.95. The van der Waals surface area contributed by atoms with E-state index >= 15 is 0 Å². The molecule has 0 N–H and O–H groups in total. The first-order valence-corrected chi connectivity index (χ1v) is 5.25. The van der Waals surface area contributed by atoms with Crippen LogP contribution < -0.4 is 4.74 Å². The zero-order valence-corrected chi connectivity index (χ0v) is 10.0. The van der Waals surface area contributed by atoms with Crippen LogP contribution in [0.3, 0.4) is 0 Å². The molecule has 0 fully saturated rings. The number of halogens is 1. The van der Waals surface area contributed by atoms with E-state index in [0.717, 1.165) is 21.7 Å². The zero-order valence-electron chi connectivity index (χ0n) is 8.45. The Hall–Kier alpha value is -1.29. The Morgan fingerprint density at radius 1 is 1.47 bits per heavy atom. The van der Waals surface area contributed by atoms with Crippen LogP contribution in [0.1, 0.15) is 10.5 Å². The van der Waals surface area contributed by atoms with Crippen molar-refractivity contribution in [2.24, 2.45) is 7.05 Å². The minimum Gasteiger partial charge on any atom is -0.494 e. The molecular weight excluding hydrogens is 258 g/mol. The summed E-state index contributed by atoms with van der Waals surface area (Å²) in [5, 5.41) is 0.941. The molecule has 15 heavy (non-hydrogen) atoms. The number of nitrogens with zero attached hydrogens (tertiary/aromatic N) is 1. The Kier molecular flexibility index (Phi) is 2.52. The van der Waals surface area contributed by atoms with Crippen LogP contribution in [0.2, 0.25) is 0 Å². The molecule has 3 nitrogen and oxygen atoms in total. The summed E-state index contributed by atoms with van der Waals surface area (Å²) < 4.78 is 8.05. The minimum atomic E-state index is 0.561. The molecule has 4 heteroatoms. The molecule has 0 saturated carbocycles. The predicted molar refractivity (Wildman–Crippen MR) is 62.6 cm³/mol. The van der Waals surface area contributed by atoms with Gasteiger partial charge in [-0.3, -0.25) is 4.79 Å². The molecule has 0 saturated heterocycles. The highest BCUT2D eigenvalue weighted by molar-refractivity contribution is 9.10. The molecule has 0 spiro atoms. The number of aldehydes is 1. The van der Waals surface area contributed by atoms with Crippen LogP contribution in [-0.2, 0) is 7.05 Å². The number of hydrogen-bond donors (Lipinski definition) is 0. The molecule has 0 aliphatic rings. The van der Waals surface area contributed by atoms with E-state index in [4.69, 9.17) is 4.74 Å². The number of ether oxygens (including phenoxy) is 1. The lowest BCUT2D eigenvalue weighted by molar-refractivity contribution is 0.111. The topological polar surface area (TPSA) is 31.2 Å². The van der Waals surface area contributed by atoms with E-state index < -0.39 is 0 Å². The van der Waals surface area contributed by atoms with Crippen LogP contribution >= 0.6 is 15.9 Å². The number of methoxy groups -OCH3 is 1. The van der Waals surface area contributed by atoms with Crippen molar-refractivity contribution >= 4 is 33.1 Å². The lowest BCUT2D eigenvalue weighted by atomic mass is 10.2. The Morgan fingerprint density at radius 3 is 2.80 bits per heavy atom. The summed E-state index contributed by atoms with van der Waals surface area (Å²) in [6.45, 7) is 0. The summed E-state index contributed by atoms with van der Waals surface area (Å²) in [4.78, 5) is 10.9. The number of aryl methyl sites for hydroxylation is 1. The van der Waals surface area contributed by atoms with E-state index in [1.54, 1.807) is 7.11 Å². The monoisotopic (exact) mass is 267 g/mol. The van der Waals surface area contributed by atoms with Gasteiger partial charge in [0.15, 0.2) is 12.0 Å². The molecule has 0 aliphatic heterocycles. The summed E-state index contributed by atoms with van der Waals surface area (Å²) in [6, 6.07) is 5.84. The predicted octanol–water partition coefficient (Wildman–Crippen LogP) is 2.76. The zero-order chi connectivity index (χ0) is 11.0. The van der Waals surface area contributed by atoms with Gasteiger partial charge in [0.25, 0.3) is 0 Å². The van der Waals surface area contributed by atoms with Gasteiger partial charge in [-0.25, -0.2) is 0 Å². The molecule has 0 radical (unpaired) electrons. The third kappa shape index (κ3) is 1.45. The Bertz CT molecular complexity index is 531. The summed E-state index contributed by atoms with van der Waals surface area (Å²) in [5.74, 6) is 0.629. The molecule has 78 valence electrons. The van der Waals surface area contributed by atoms with Crippen molar-refractivity contribution in [3.63, 3.8) is 0 Å². The molecule has 0 aliphatic carbocycles. The van der Waals surface area contributed by atoms with Gasteiger partial charge >= 0.3 is 0 Å². The molecule has 0 bridgehead atoms. The Morgan fingerprint density at radius 2 is 2.20 bits per heavy atom. The van der Waals surface area contributed by atoms with E-state index in [2.05, 4.69) is 15.9 Å². The number of carbonyl (C=O) groups excluding carboxylic acids is 1. The van der Waals surface area contributed by atoms with E-state index in [9.17, 15) is 4.79 Å². The summed E-state index contributed by atoms with van der Waals surface area (Å²) in [7, 11) is 3.42. The van der Waals surface area contributed by atoms with Gasteiger partial charge in [0.2, 0.25) is 0 Å². The van der Waals surface area contributed by atoms with Crippen molar-refractivity contribution in [3.8, 4) is 5.75 Å². The van der Waals surface area contributed by atoms with E-state index in [1.165, 1.54) is 0 Å². The normalized spacial score (nSPS) is 10.6. The smallest absolute Gasteiger partial charge is 0.170 e. The molecule has 0 unspecified atom stereocenters. The number of benzene rings is 1. The molecular formula is C11H10BrNO2. The number of rotatable bonds is 2. The van der Waals surface area contributed by atoms with Gasteiger partial charge in [-0.1, -0.05) is 15.9 Å². The van der Waals surface area contributed by atoms with E-state index in [1.807, 2.05) is 29.8 Å². The molecule has 0 amide bonds. The van der Waals surface area contributed by atoms with Crippen molar-refractivity contribution in [3.05, 3.63) is 28.4 Å². The number of carbonyl (C=O) groups is 1. The Labute approximate surface area is 95.8 Å². The molecule has 0 atom stereocenters. The SMILES string of the molecule is COc1c(C=O)n(C)c2ccc(Br)cc12. The van der Waals surface area contributed by atoms with Crippen LogP contribution in [-0.4, -0.2) is 18.0 Å². The van der Waals surface area contributed by atoms with Crippen LogP contribution in [0.15, 0.2) is 22.7 Å². The minimum absolute atomic E-state index is 0.561. The first-order chi connectivity index (χ1) is 7.19. The maximum absolute atomic E-state index is 10.9. The second-order valence-corrected chi connectivity index (χ2v) is 4.17. The maximum Gasteiger partial charge on any atom is 0.170 e. The van der Waals surface area contributed by atoms with Gasteiger partial charge in [-0.2, -0.15) is 0 Å². The average Bonchev–Trinajstić information content (AvgIpc) is 2.50. The van der Waals surface area contributed by atoms with Gasteiger partial charge < -0.3 is 9.30 Å². The molecule has 1 aromatic carbocycles. The van der Waals surface area contributed by atoms with Gasteiger partial charge in [-0.05, 0) is 18.2 Å². The second-order valence-electron chi connectivity index (χ2n) is 3.26. The number of aromatic nitrogens is 1. The fraction of sp³-hybridized carbons (Fsp3) is 0.182. The first-order valence-electron chi connectivity index (χ1n) is 4.46. The third-order valence-corrected chi connectivity index (χ3v) is 2.97. The van der Waals surface area contributed by atoms with Crippen LogP contribution in [0, 0.1) is 0 Å². The lowest BCUT2D eigenvalue weighted by Gasteiger charge is -1.98. The van der Waals surface area contributed by atoms with Crippen molar-refractivity contribution in [1.29, 1.82) is 0 Å². The summed E-state index contributed by atoms with van der Waals surface area (Å²) in [6.07, 6.45) is 0.812. The van der Waals surface area contributed by atoms with Crippen molar-refractivity contribution in [2.45, 2.75) is 0 Å². The quantitative estimate of drug-likeness (QED) is 0.784. The molecule has 1 heterocycles.